The zero-order valence-electron chi connectivity index (χ0n) is 13.6. The highest BCUT2D eigenvalue weighted by atomic mass is 16.6. The molecule has 0 N–H and O–H groups in total. The molecule has 0 radical (unpaired) electrons. The van der Waals surface area contributed by atoms with Gasteiger partial charge in [-0.1, -0.05) is 30.4 Å². The third-order valence-electron chi connectivity index (χ3n) is 3.36. The van der Waals surface area contributed by atoms with E-state index in [1.54, 1.807) is 30.3 Å². The minimum Gasteiger partial charge on any atom is -0.496 e. The van der Waals surface area contributed by atoms with Crippen LogP contribution in [-0.2, 0) is 19.1 Å². The van der Waals surface area contributed by atoms with Gasteiger partial charge in [-0.05, 0) is 6.07 Å². The molecule has 0 amide bonds. The Balaban J connectivity index is 3.19. The first-order chi connectivity index (χ1) is 11.4. The summed E-state index contributed by atoms with van der Waals surface area (Å²) in [6.07, 6.45) is 2.98. The second kappa shape index (κ2) is 9.29. The van der Waals surface area contributed by atoms with Gasteiger partial charge in [0.2, 0.25) is 6.54 Å². The van der Waals surface area contributed by atoms with Gasteiger partial charge in [-0.15, -0.1) is 0 Å². The molecule has 0 saturated heterocycles. The number of carbonyl (C=O) groups is 2. The lowest BCUT2D eigenvalue weighted by atomic mass is 9.91. The minimum absolute atomic E-state index is 0.557. The Morgan fingerprint density at radius 1 is 1.17 bits per heavy atom. The van der Waals surface area contributed by atoms with E-state index < -0.39 is 35.2 Å². The van der Waals surface area contributed by atoms with Gasteiger partial charge in [-0.2, -0.15) is 0 Å². The van der Waals surface area contributed by atoms with Crippen LogP contribution in [0.5, 0.6) is 5.75 Å². The molecular weight excluding hydrogens is 318 g/mol. The van der Waals surface area contributed by atoms with Crippen molar-refractivity contribution in [2.24, 2.45) is 11.8 Å². The van der Waals surface area contributed by atoms with Gasteiger partial charge in [0.05, 0.1) is 27.2 Å². The average molecular weight is 337 g/mol. The van der Waals surface area contributed by atoms with Gasteiger partial charge in [-0.25, -0.2) is 0 Å². The fraction of sp³-hybridized carbons (Fsp3) is 0.375. The Morgan fingerprint density at radius 3 is 2.25 bits per heavy atom. The van der Waals surface area contributed by atoms with Crippen LogP contribution in [0, 0.1) is 22.0 Å². The molecule has 1 aromatic rings. The number of methoxy groups -OCH3 is 3. The SMILES string of the molecule is COC(=O)C(C(=O)OC)[C@H](/C=C/c1ccccc1OC)C[N+](=O)[O-]. The molecule has 0 bridgehead atoms. The van der Waals surface area contributed by atoms with Crippen LogP contribution in [-0.4, -0.2) is 44.7 Å². The monoisotopic (exact) mass is 337 g/mol. The molecule has 8 heteroatoms. The highest BCUT2D eigenvalue weighted by Crippen LogP contribution is 2.23. The number of nitrogens with zero attached hydrogens (tertiary/aromatic N) is 1. The predicted octanol–water partition coefficient (Wildman–Crippen LogP) is 1.56. The van der Waals surface area contributed by atoms with E-state index in [2.05, 4.69) is 9.47 Å². The van der Waals surface area contributed by atoms with Crippen LogP contribution >= 0.6 is 0 Å². The summed E-state index contributed by atoms with van der Waals surface area (Å²) in [6, 6.07) is 7.00. The molecule has 0 spiro atoms. The molecule has 130 valence electrons. The van der Waals surface area contributed by atoms with E-state index in [0.717, 1.165) is 14.2 Å². The van der Waals surface area contributed by atoms with Crippen molar-refractivity contribution in [3.63, 3.8) is 0 Å². The Labute approximate surface area is 139 Å². The molecule has 1 rings (SSSR count). The zero-order chi connectivity index (χ0) is 18.1. The molecule has 0 aliphatic carbocycles. The van der Waals surface area contributed by atoms with Crippen molar-refractivity contribution < 1.29 is 28.7 Å². The Morgan fingerprint density at radius 2 is 1.75 bits per heavy atom. The lowest BCUT2D eigenvalue weighted by Gasteiger charge is -2.17. The first-order valence-corrected chi connectivity index (χ1v) is 7.03. The van der Waals surface area contributed by atoms with Crippen LogP contribution < -0.4 is 4.74 Å². The van der Waals surface area contributed by atoms with Gasteiger partial charge in [0.1, 0.15) is 5.75 Å². The zero-order valence-corrected chi connectivity index (χ0v) is 13.6. The van der Waals surface area contributed by atoms with Gasteiger partial charge in [0.25, 0.3) is 0 Å². The van der Waals surface area contributed by atoms with E-state index >= 15 is 0 Å². The third-order valence-corrected chi connectivity index (χ3v) is 3.36. The second-order valence-electron chi connectivity index (χ2n) is 4.80. The van der Waals surface area contributed by atoms with Crippen molar-refractivity contribution in [1.82, 2.24) is 0 Å². The van der Waals surface area contributed by atoms with Crippen LogP contribution in [0.4, 0.5) is 0 Å². The first-order valence-electron chi connectivity index (χ1n) is 7.03. The molecule has 1 atom stereocenters. The smallest absolute Gasteiger partial charge is 0.320 e. The summed E-state index contributed by atoms with van der Waals surface area (Å²) in [4.78, 5) is 34.0. The van der Waals surface area contributed by atoms with Crippen LogP contribution in [0.15, 0.2) is 30.3 Å². The minimum atomic E-state index is -1.42. The third kappa shape index (κ3) is 5.08. The summed E-state index contributed by atoms with van der Waals surface area (Å²) in [5, 5.41) is 10.9. The number of hydrogen-bond acceptors (Lipinski definition) is 7. The van der Waals surface area contributed by atoms with Gasteiger partial charge in [-0.3, -0.25) is 19.7 Å². The van der Waals surface area contributed by atoms with E-state index in [1.165, 1.54) is 13.2 Å². The summed E-state index contributed by atoms with van der Waals surface area (Å²) in [5.41, 5.74) is 0.654. The van der Waals surface area contributed by atoms with E-state index in [0.29, 0.717) is 11.3 Å². The summed E-state index contributed by atoms with van der Waals surface area (Å²) >= 11 is 0. The molecule has 24 heavy (non-hydrogen) atoms. The van der Waals surface area contributed by atoms with Crippen molar-refractivity contribution in [1.29, 1.82) is 0 Å². The number of nitro groups is 1. The number of hydrogen-bond donors (Lipinski definition) is 0. The highest BCUT2D eigenvalue weighted by Gasteiger charge is 2.38. The maximum atomic E-state index is 11.9. The molecule has 0 unspecified atom stereocenters. The largest absolute Gasteiger partial charge is 0.496 e. The number of esters is 2. The van der Waals surface area contributed by atoms with Crippen molar-refractivity contribution in [2.75, 3.05) is 27.9 Å². The maximum absolute atomic E-state index is 11.9. The topological polar surface area (TPSA) is 105 Å². The fourth-order valence-corrected chi connectivity index (χ4v) is 2.18. The quantitative estimate of drug-likeness (QED) is 0.307. The Bertz CT molecular complexity index is 611. The molecule has 0 saturated carbocycles. The maximum Gasteiger partial charge on any atom is 0.320 e. The molecular formula is C16H19NO7. The highest BCUT2D eigenvalue weighted by molar-refractivity contribution is 5.95. The number of para-hydroxylation sites is 1. The predicted molar refractivity (Wildman–Crippen MR) is 84.9 cm³/mol. The van der Waals surface area contributed by atoms with E-state index in [4.69, 9.17) is 4.74 Å². The average Bonchev–Trinajstić information content (AvgIpc) is 2.58. The summed E-state index contributed by atoms with van der Waals surface area (Å²) < 4.78 is 14.3. The normalized spacial score (nSPS) is 12.0. The lowest BCUT2D eigenvalue weighted by molar-refractivity contribution is -0.486. The van der Waals surface area contributed by atoms with Gasteiger partial charge >= 0.3 is 11.9 Å². The molecule has 0 fully saturated rings. The molecule has 8 nitrogen and oxygen atoms in total. The van der Waals surface area contributed by atoms with Crippen LogP contribution in [0.1, 0.15) is 5.56 Å². The van der Waals surface area contributed by atoms with E-state index in [1.807, 2.05) is 0 Å². The van der Waals surface area contributed by atoms with Crippen molar-refractivity contribution in [3.05, 3.63) is 46.0 Å². The molecule has 0 heterocycles. The van der Waals surface area contributed by atoms with Gasteiger partial charge in [0.15, 0.2) is 5.92 Å². The molecule has 0 aliphatic heterocycles. The van der Waals surface area contributed by atoms with Gasteiger partial charge in [0, 0.05) is 10.5 Å². The Kier molecular flexibility index (Phi) is 7.41. The fourth-order valence-electron chi connectivity index (χ4n) is 2.18. The number of ether oxygens (including phenoxy) is 3. The molecule has 0 aromatic heterocycles. The summed E-state index contributed by atoms with van der Waals surface area (Å²) in [5.74, 6) is -3.67. The number of benzene rings is 1. The lowest BCUT2D eigenvalue weighted by Crippen LogP contribution is -2.35. The van der Waals surface area contributed by atoms with Crippen molar-refractivity contribution in [2.45, 2.75) is 0 Å². The summed E-state index contributed by atoms with van der Waals surface area (Å²) in [7, 11) is 3.70. The van der Waals surface area contributed by atoms with Gasteiger partial charge < -0.3 is 14.2 Å². The number of rotatable bonds is 8. The molecule has 1 aromatic carbocycles. The summed E-state index contributed by atoms with van der Waals surface area (Å²) in [6.45, 7) is -0.624. The van der Waals surface area contributed by atoms with E-state index in [-0.39, 0.29) is 0 Å². The first kappa shape index (κ1) is 19.1. The number of carbonyl (C=O) groups excluding carboxylic acids is 2. The van der Waals surface area contributed by atoms with E-state index in [9.17, 15) is 19.7 Å². The van der Waals surface area contributed by atoms with Crippen LogP contribution in [0.25, 0.3) is 6.08 Å². The second-order valence-corrected chi connectivity index (χ2v) is 4.80. The van der Waals surface area contributed by atoms with Crippen molar-refractivity contribution in [3.8, 4) is 5.75 Å². The molecule has 0 aliphatic rings. The Hall–Kier alpha value is -2.90. The van der Waals surface area contributed by atoms with Crippen LogP contribution in [0.2, 0.25) is 0 Å². The standard InChI is InChI=1S/C16H19NO7/c1-22-13-7-5-4-6-11(13)8-9-12(10-17(20)21)14(15(18)23-2)16(19)24-3/h4-9,12,14H,10H2,1-3H3/b9-8+/t12-/m1/s1. The van der Waals surface area contributed by atoms with Crippen molar-refractivity contribution >= 4 is 18.0 Å². The van der Waals surface area contributed by atoms with Crippen LogP contribution in [0.3, 0.4) is 0 Å².